The van der Waals surface area contributed by atoms with Crippen molar-refractivity contribution >= 4 is 35.0 Å². The maximum atomic E-state index is 13.7. The van der Waals surface area contributed by atoms with Crippen LogP contribution in [-0.4, -0.2) is 11.8 Å². The summed E-state index contributed by atoms with van der Waals surface area (Å²) in [5.41, 5.74) is 1.25. The van der Waals surface area contributed by atoms with Gasteiger partial charge in [0.1, 0.15) is 5.82 Å². The first-order valence-electron chi connectivity index (χ1n) is 8.03. The van der Waals surface area contributed by atoms with Crippen LogP contribution in [0.1, 0.15) is 43.5 Å². The molecule has 0 aliphatic carbocycles. The molecule has 0 fully saturated rings. The van der Waals surface area contributed by atoms with Gasteiger partial charge in [-0.25, -0.2) is 4.39 Å². The Hall–Kier alpha value is -2.11. The molecule has 0 unspecified atom stereocenters. The minimum atomic E-state index is -0.604. The van der Waals surface area contributed by atoms with E-state index in [1.54, 1.807) is 6.92 Å². The van der Waals surface area contributed by atoms with Crippen LogP contribution in [0.25, 0.3) is 0 Å². The summed E-state index contributed by atoms with van der Waals surface area (Å²) in [5.74, 6) is -1.14. The van der Waals surface area contributed by atoms with Gasteiger partial charge in [0, 0.05) is 11.9 Å². The van der Waals surface area contributed by atoms with E-state index in [0.29, 0.717) is 5.56 Å². The van der Waals surface area contributed by atoms with Crippen LogP contribution in [0, 0.1) is 5.82 Å². The molecule has 26 heavy (non-hydrogen) atoms. The number of nitrogens with one attached hydrogen (secondary N) is 2. The number of benzene rings is 2. The Kier molecular flexibility index (Phi) is 7.00. The molecular weight excluding hydrogens is 378 g/mol. The smallest absolute Gasteiger partial charge is 0.222 e. The van der Waals surface area contributed by atoms with Gasteiger partial charge in [0.25, 0.3) is 0 Å². The monoisotopic (exact) mass is 396 g/mol. The highest BCUT2D eigenvalue weighted by atomic mass is 35.5. The van der Waals surface area contributed by atoms with E-state index in [1.807, 2.05) is 30.3 Å². The Morgan fingerprint density at radius 2 is 1.73 bits per heavy atom. The number of amides is 2. The maximum Gasteiger partial charge on any atom is 0.222 e. The van der Waals surface area contributed by atoms with Crippen molar-refractivity contribution in [2.24, 2.45) is 0 Å². The summed E-state index contributed by atoms with van der Waals surface area (Å²) in [6, 6.07) is 10.7. The van der Waals surface area contributed by atoms with Crippen LogP contribution >= 0.6 is 23.2 Å². The van der Waals surface area contributed by atoms with Crippen LogP contribution in [0.15, 0.2) is 42.5 Å². The van der Waals surface area contributed by atoms with Crippen molar-refractivity contribution in [3.8, 4) is 0 Å². The first kappa shape index (κ1) is 20.2. The molecule has 0 aliphatic rings. The molecule has 0 heterocycles. The number of rotatable bonds is 6. The second-order valence-corrected chi connectivity index (χ2v) is 6.76. The molecule has 0 bridgehead atoms. The Morgan fingerprint density at radius 1 is 1.08 bits per heavy atom. The summed E-state index contributed by atoms with van der Waals surface area (Å²) in [5, 5.41) is 5.73. The fourth-order valence-electron chi connectivity index (χ4n) is 2.62. The highest BCUT2D eigenvalue weighted by Crippen LogP contribution is 2.29. The lowest BCUT2D eigenvalue weighted by atomic mass is 10.0. The molecule has 2 aromatic carbocycles. The van der Waals surface area contributed by atoms with Gasteiger partial charge in [-0.3, -0.25) is 9.59 Å². The fraction of sp³-hybridized carbons (Fsp3) is 0.263. The molecule has 4 nitrogen and oxygen atoms in total. The zero-order chi connectivity index (χ0) is 19.3. The molecule has 0 aliphatic heterocycles. The Bertz CT molecular complexity index is 800. The van der Waals surface area contributed by atoms with Crippen molar-refractivity contribution in [2.45, 2.75) is 32.4 Å². The average Bonchev–Trinajstić information content (AvgIpc) is 2.57. The lowest BCUT2D eigenvalue weighted by molar-refractivity contribution is -0.123. The molecular formula is C19H19Cl2FN2O2. The van der Waals surface area contributed by atoms with E-state index in [2.05, 4.69) is 10.6 Å². The van der Waals surface area contributed by atoms with Gasteiger partial charge in [-0.15, -0.1) is 0 Å². The van der Waals surface area contributed by atoms with E-state index in [0.717, 1.165) is 5.56 Å². The highest BCUT2D eigenvalue weighted by Gasteiger charge is 2.20. The standard InChI is InChI=1S/C19H19Cl2FN2O2/c1-11(14-8-17(22)16(21)9-15(14)20)23-19(26)10-18(24-12(2)25)13-6-4-3-5-7-13/h3-9,11,18H,10H2,1-2H3,(H,23,26)(H,24,25)/t11-,18-/m0/s1. The third kappa shape index (κ3) is 5.44. The van der Waals surface area contributed by atoms with Crippen molar-refractivity contribution < 1.29 is 14.0 Å². The molecule has 0 spiro atoms. The van der Waals surface area contributed by atoms with Crippen LogP contribution in [0.3, 0.4) is 0 Å². The van der Waals surface area contributed by atoms with Gasteiger partial charge < -0.3 is 10.6 Å². The summed E-state index contributed by atoms with van der Waals surface area (Å²) in [6.45, 7) is 3.09. The normalized spacial score (nSPS) is 13.0. The molecule has 0 saturated carbocycles. The van der Waals surface area contributed by atoms with Gasteiger partial charge in [0.05, 0.1) is 23.5 Å². The highest BCUT2D eigenvalue weighted by molar-refractivity contribution is 6.35. The molecule has 0 radical (unpaired) electrons. The molecule has 0 saturated heterocycles. The maximum absolute atomic E-state index is 13.7. The number of hydrogen-bond acceptors (Lipinski definition) is 2. The second kappa shape index (κ2) is 9.01. The molecule has 138 valence electrons. The van der Waals surface area contributed by atoms with Crippen molar-refractivity contribution in [1.82, 2.24) is 10.6 Å². The zero-order valence-corrected chi connectivity index (χ0v) is 15.9. The minimum absolute atomic E-state index is 0.0433. The van der Waals surface area contributed by atoms with Crippen molar-refractivity contribution in [1.29, 1.82) is 0 Å². The SMILES string of the molecule is CC(=O)N[C@@H](CC(=O)N[C@@H](C)c1cc(F)c(Cl)cc1Cl)c1ccccc1. The van der Waals surface area contributed by atoms with Crippen LogP contribution in [-0.2, 0) is 9.59 Å². The molecule has 2 aromatic rings. The third-order valence-corrected chi connectivity index (χ3v) is 4.47. The van der Waals surface area contributed by atoms with E-state index in [-0.39, 0.29) is 28.3 Å². The van der Waals surface area contributed by atoms with Crippen molar-refractivity contribution in [3.63, 3.8) is 0 Å². The summed E-state index contributed by atoms with van der Waals surface area (Å²) in [6.07, 6.45) is 0.0433. The number of halogens is 3. The first-order valence-corrected chi connectivity index (χ1v) is 8.79. The Labute approximate surface area is 161 Å². The molecule has 2 N–H and O–H groups in total. The summed E-state index contributed by atoms with van der Waals surface area (Å²) < 4.78 is 13.7. The van der Waals surface area contributed by atoms with Gasteiger partial charge in [0.2, 0.25) is 11.8 Å². The molecule has 0 aromatic heterocycles. The zero-order valence-electron chi connectivity index (χ0n) is 14.4. The number of carbonyl (C=O) groups is 2. The predicted octanol–water partition coefficient (Wildman–Crippen LogP) is 4.58. The minimum Gasteiger partial charge on any atom is -0.349 e. The van der Waals surface area contributed by atoms with E-state index < -0.39 is 17.9 Å². The van der Waals surface area contributed by atoms with Gasteiger partial charge in [0.15, 0.2) is 0 Å². The molecule has 7 heteroatoms. The van der Waals surface area contributed by atoms with E-state index >= 15 is 0 Å². The van der Waals surface area contributed by atoms with Crippen molar-refractivity contribution in [3.05, 3.63) is 69.5 Å². The topological polar surface area (TPSA) is 58.2 Å². The molecule has 2 atom stereocenters. The Morgan fingerprint density at radius 3 is 2.35 bits per heavy atom. The quantitative estimate of drug-likeness (QED) is 0.702. The van der Waals surface area contributed by atoms with Crippen LogP contribution in [0.4, 0.5) is 4.39 Å². The van der Waals surface area contributed by atoms with Crippen LogP contribution in [0.5, 0.6) is 0 Å². The summed E-state index contributed by atoms with van der Waals surface area (Å²) in [4.78, 5) is 23.9. The fourth-order valence-corrected chi connectivity index (χ4v) is 3.16. The molecule has 2 amide bonds. The van der Waals surface area contributed by atoms with Gasteiger partial charge in [-0.05, 0) is 30.2 Å². The van der Waals surface area contributed by atoms with Gasteiger partial charge in [-0.1, -0.05) is 53.5 Å². The number of carbonyl (C=O) groups excluding carboxylic acids is 2. The number of hydrogen-bond donors (Lipinski definition) is 2. The van der Waals surface area contributed by atoms with Gasteiger partial charge in [-0.2, -0.15) is 0 Å². The van der Waals surface area contributed by atoms with E-state index in [4.69, 9.17) is 23.2 Å². The second-order valence-electron chi connectivity index (χ2n) is 5.94. The predicted molar refractivity (Wildman–Crippen MR) is 101 cm³/mol. The lowest BCUT2D eigenvalue weighted by Gasteiger charge is -2.21. The average molecular weight is 397 g/mol. The summed E-state index contributed by atoms with van der Waals surface area (Å²) >= 11 is 11.8. The van der Waals surface area contributed by atoms with E-state index in [1.165, 1.54) is 19.1 Å². The summed E-state index contributed by atoms with van der Waals surface area (Å²) in [7, 11) is 0. The van der Waals surface area contributed by atoms with Crippen molar-refractivity contribution in [2.75, 3.05) is 0 Å². The van der Waals surface area contributed by atoms with Crippen LogP contribution in [0.2, 0.25) is 10.0 Å². The van der Waals surface area contributed by atoms with E-state index in [9.17, 15) is 14.0 Å². The van der Waals surface area contributed by atoms with Crippen LogP contribution < -0.4 is 10.6 Å². The molecule has 2 rings (SSSR count). The van der Waals surface area contributed by atoms with Gasteiger partial charge >= 0.3 is 0 Å². The lowest BCUT2D eigenvalue weighted by Crippen LogP contribution is -2.33. The third-order valence-electron chi connectivity index (χ3n) is 3.85. The Balaban J connectivity index is 2.10. The first-order chi connectivity index (χ1) is 12.3. The largest absolute Gasteiger partial charge is 0.349 e.